The second-order valence-corrected chi connectivity index (χ2v) is 4.81. The molecule has 0 heterocycles. The topological polar surface area (TPSA) is 9.23 Å². The van der Waals surface area contributed by atoms with Crippen LogP contribution in [-0.2, 0) is 4.74 Å². The summed E-state index contributed by atoms with van der Waals surface area (Å²) in [5, 5.41) is 0. The van der Waals surface area contributed by atoms with Crippen LogP contribution in [0.4, 0.5) is 0 Å². The molecule has 0 saturated carbocycles. The van der Waals surface area contributed by atoms with Gasteiger partial charge >= 0.3 is 0 Å². The SMILES string of the molecule is CCCCO[C@@H]1C=CCC[C@H]1I. The number of unbranched alkanes of at least 4 members (excludes halogenated alkanes) is 1. The first-order chi connectivity index (χ1) is 5.84. The number of hydrogen-bond donors (Lipinski definition) is 0. The van der Waals surface area contributed by atoms with Crippen LogP contribution in [0.15, 0.2) is 12.2 Å². The van der Waals surface area contributed by atoms with Crippen molar-refractivity contribution in [1.82, 2.24) is 0 Å². The Hall–Kier alpha value is 0.430. The average Bonchev–Trinajstić information content (AvgIpc) is 2.09. The van der Waals surface area contributed by atoms with Crippen molar-refractivity contribution in [3.63, 3.8) is 0 Å². The molecule has 0 fully saturated rings. The highest BCUT2D eigenvalue weighted by Gasteiger charge is 2.18. The molecule has 0 aliphatic heterocycles. The van der Waals surface area contributed by atoms with Crippen LogP contribution in [0.5, 0.6) is 0 Å². The molecule has 1 rings (SSSR count). The molecule has 2 heteroatoms. The van der Waals surface area contributed by atoms with Gasteiger partial charge in [0.1, 0.15) is 0 Å². The molecule has 0 saturated heterocycles. The first-order valence-electron chi connectivity index (χ1n) is 4.77. The maximum atomic E-state index is 5.74. The van der Waals surface area contributed by atoms with Gasteiger partial charge in [-0.15, -0.1) is 0 Å². The van der Waals surface area contributed by atoms with Gasteiger partial charge in [0.15, 0.2) is 0 Å². The summed E-state index contributed by atoms with van der Waals surface area (Å²) in [6, 6.07) is 0. The van der Waals surface area contributed by atoms with E-state index in [1.54, 1.807) is 0 Å². The molecule has 0 N–H and O–H groups in total. The third kappa shape index (κ3) is 3.44. The summed E-state index contributed by atoms with van der Waals surface area (Å²) >= 11 is 2.49. The number of hydrogen-bond acceptors (Lipinski definition) is 1. The number of allylic oxidation sites excluding steroid dienone is 1. The molecular formula is C10H17IO. The Morgan fingerprint density at radius 1 is 1.58 bits per heavy atom. The highest BCUT2D eigenvalue weighted by atomic mass is 127. The van der Waals surface area contributed by atoms with Crippen LogP contribution in [0.2, 0.25) is 0 Å². The Morgan fingerprint density at radius 3 is 3.08 bits per heavy atom. The summed E-state index contributed by atoms with van der Waals surface area (Å²) < 4.78 is 6.43. The lowest BCUT2D eigenvalue weighted by molar-refractivity contribution is 0.0802. The first kappa shape index (κ1) is 10.5. The zero-order valence-corrected chi connectivity index (χ0v) is 9.79. The van der Waals surface area contributed by atoms with Gasteiger partial charge < -0.3 is 4.74 Å². The highest BCUT2D eigenvalue weighted by Crippen LogP contribution is 2.22. The molecule has 0 unspecified atom stereocenters. The van der Waals surface area contributed by atoms with Gasteiger partial charge in [0, 0.05) is 10.5 Å². The fourth-order valence-corrected chi connectivity index (χ4v) is 2.10. The smallest absolute Gasteiger partial charge is 0.0873 e. The summed E-state index contributed by atoms with van der Waals surface area (Å²) in [5.41, 5.74) is 0. The number of halogens is 1. The van der Waals surface area contributed by atoms with E-state index in [1.165, 1.54) is 25.7 Å². The van der Waals surface area contributed by atoms with Crippen molar-refractivity contribution in [3.8, 4) is 0 Å². The fourth-order valence-electron chi connectivity index (χ4n) is 1.29. The van der Waals surface area contributed by atoms with E-state index in [1.807, 2.05) is 0 Å². The van der Waals surface area contributed by atoms with Crippen molar-refractivity contribution >= 4 is 22.6 Å². The van der Waals surface area contributed by atoms with Gasteiger partial charge in [-0.25, -0.2) is 0 Å². The third-order valence-electron chi connectivity index (χ3n) is 2.10. The molecule has 0 aromatic rings. The molecule has 0 aromatic heterocycles. The number of rotatable bonds is 4. The predicted octanol–water partition coefficient (Wildman–Crippen LogP) is 3.33. The van der Waals surface area contributed by atoms with Gasteiger partial charge in [-0.2, -0.15) is 0 Å². The Balaban J connectivity index is 2.20. The maximum Gasteiger partial charge on any atom is 0.0873 e. The molecule has 12 heavy (non-hydrogen) atoms. The zero-order chi connectivity index (χ0) is 8.81. The van der Waals surface area contributed by atoms with Crippen LogP contribution in [0.3, 0.4) is 0 Å². The normalized spacial score (nSPS) is 29.2. The quantitative estimate of drug-likeness (QED) is 0.332. The van der Waals surface area contributed by atoms with E-state index in [2.05, 4.69) is 41.7 Å². The van der Waals surface area contributed by atoms with Crippen molar-refractivity contribution in [2.75, 3.05) is 6.61 Å². The first-order valence-corrected chi connectivity index (χ1v) is 6.01. The van der Waals surface area contributed by atoms with Gasteiger partial charge in [0.05, 0.1) is 6.10 Å². The Morgan fingerprint density at radius 2 is 2.42 bits per heavy atom. The molecule has 0 aromatic carbocycles. The van der Waals surface area contributed by atoms with Crippen molar-refractivity contribution < 1.29 is 4.74 Å². The monoisotopic (exact) mass is 280 g/mol. The fraction of sp³-hybridized carbons (Fsp3) is 0.800. The minimum atomic E-state index is 0.380. The standard InChI is InChI=1S/C10H17IO/c1-2-3-8-12-10-7-5-4-6-9(10)11/h5,7,9-10H,2-4,6,8H2,1H3/t9-,10-/m1/s1. The van der Waals surface area contributed by atoms with E-state index in [-0.39, 0.29) is 0 Å². The van der Waals surface area contributed by atoms with Crippen LogP contribution < -0.4 is 0 Å². The second-order valence-electron chi connectivity index (χ2n) is 3.21. The third-order valence-corrected chi connectivity index (χ3v) is 3.43. The zero-order valence-electron chi connectivity index (χ0n) is 7.63. The van der Waals surface area contributed by atoms with Crippen molar-refractivity contribution in [3.05, 3.63) is 12.2 Å². The summed E-state index contributed by atoms with van der Waals surface area (Å²) in [6.07, 6.45) is 9.75. The number of ether oxygens (including phenoxy) is 1. The van der Waals surface area contributed by atoms with Gasteiger partial charge in [0.25, 0.3) is 0 Å². The molecule has 1 aliphatic rings. The van der Waals surface area contributed by atoms with Gasteiger partial charge in [-0.1, -0.05) is 48.1 Å². The summed E-state index contributed by atoms with van der Waals surface area (Å²) in [6.45, 7) is 3.12. The van der Waals surface area contributed by atoms with E-state index in [9.17, 15) is 0 Å². The largest absolute Gasteiger partial charge is 0.373 e. The molecular weight excluding hydrogens is 263 g/mol. The molecule has 70 valence electrons. The predicted molar refractivity (Wildman–Crippen MR) is 60.8 cm³/mol. The van der Waals surface area contributed by atoms with E-state index in [4.69, 9.17) is 4.74 Å². The van der Waals surface area contributed by atoms with E-state index >= 15 is 0 Å². The summed E-state index contributed by atoms with van der Waals surface area (Å²) in [4.78, 5) is 0. The van der Waals surface area contributed by atoms with Crippen LogP contribution in [0, 0.1) is 0 Å². The van der Waals surface area contributed by atoms with Crippen molar-refractivity contribution in [2.24, 2.45) is 0 Å². The minimum Gasteiger partial charge on any atom is -0.373 e. The molecule has 0 bridgehead atoms. The van der Waals surface area contributed by atoms with E-state index in [0.717, 1.165) is 6.61 Å². The Kier molecular flexibility index (Phi) is 5.23. The number of alkyl halides is 1. The Labute approximate surface area is 88.7 Å². The van der Waals surface area contributed by atoms with Crippen LogP contribution >= 0.6 is 22.6 Å². The van der Waals surface area contributed by atoms with Crippen LogP contribution in [-0.4, -0.2) is 16.6 Å². The van der Waals surface area contributed by atoms with Gasteiger partial charge in [0.2, 0.25) is 0 Å². The summed E-state index contributed by atoms with van der Waals surface area (Å²) in [7, 11) is 0. The van der Waals surface area contributed by atoms with E-state index < -0.39 is 0 Å². The van der Waals surface area contributed by atoms with E-state index in [0.29, 0.717) is 10.0 Å². The molecule has 0 radical (unpaired) electrons. The van der Waals surface area contributed by atoms with Crippen LogP contribution in [0.1, 0.15) is 32.6 Å². The second kappa shape index (κ2) is 5.97. The van der Waals surface area contributed by atoms with Crippen LogP contribution in [0.25, 0.3) is 0 Å². The lowest BCUT2D eigenvalue weighted by atomic mass is 10.1. The maximum absolute atomic E-state index is 5.74. The molecule has 0 amide bonds. The van der Waals surface area contributed by atoms with Gasteiger partial charge in [-0.3, -0.25) is 0 Å². The highest BCUT2D eigenvalue weighted by molar-refractivity contribution is 14.1. The lowest BCUT2D eigenvalue weighted by Crippen LogP contribution is -2.24. The molecule has 0 spiro atoms. The molecule has 1 aliphatic carbocycles. The minimum absolute atomic E-state index is 0.380. The van der Waals surface area contributed by atoms with Gasteiger partial charge in [-0.05, 0) is 19.3 Å². The summed E-state index contributed by atoms with van der Waals surface area (Å²) in [5.74, 6) is 0. The molecule has 1 nitrogen and oxygen atoms in total. The van der Waals surface area contributed by atoms with Crippen molar-refractivity contribution in [1.29, 1.82) is 0 Å². The molecule has 2 atom stereocenters. The average molecular weight is 280 g/mol. The van der Waals surface area contributed by atoms with Crippen molar-refractivity contribution in [2.45, 2.75) is 42.6 Å². The Bertz CT molecular complexity index is 145. The lowest BCUT2D eigenvalue weighted by Gasteiger charge is -2.22.